The number of aryl methyl sites for hydroxylation is 1. The molecule has 2 atom stereocenters. The lowest BCUT2D eigenvalue weighted by atomic mass is 10.1. The van der Waals surface area contributed by atoms with Crippen molar-refractivity contribution >= 4 is 11.3 Å². The van der Waals surface area contributed by atoms with Crippen LogP contribution in [0.3, 0.4) is 0 Å². The summed E-state index contributed by atoms with van der Waals surface area (Å²) in [7, 11) is 0. The quantitative estimate of drug-likeness (QED) is 0.855. The minimum Gasteiger partial charge on any atom is -0.435 e. The van der Waals surface area contributed by atoms with E-state index in [4.69, 9.17) is 0 Å². The molecule has 21 heavy (non-hydrogen) atoms. The zero-order valence-electron chi connectivity index (χ0n) is 12.1. The average Bonchev–Trinajstić information content (AvgIpc) is 2.85. The fourth-order valence-corrected chi connectivity index (χ4v) is 2.89. The van der Waals surface area contributed by atoms with Crippen LogP contribution in [0.15, 0.2) is 29.6 Å². The molecule has 0 saturated carbocycles. The van der Waals surface area contributed by atoms with Gasteiger partial charge in [0, 0.05) is 17.1 Å². The molecule has 3 nitrogen and oxygen atoms in total. The molecule has 1 aromatic heterocycles. The zero-order valence-corrected chi connectivity index (χ0v) is 13.0. The fraction of sp³-hybridized carbons (Fsp3) is 0.400. The van der Waals surface area contributed by atoms with E-state index in [0.717, 1.165) is 16.3 Å². The van der Waals surface area contributed by atoms with Crippen molar-refractivity contribution in [1.29, 1.82) is 0 Å². The maximum Gasteiger partial charge on any atom is 0.387 e. The van der Waals surface area contributed by atoms with Gasteiger partial charge in [-0.25, -0.2) is 4.98 Å². The van der Waals surface area contributed by atoms with E-state index in [1.54, 1.807) is 23.5 Å². The molecule has 0 aliphatic carbocycles. The van der Waals surface area contributed by atoms with Gasteiger partial charge in [-0.15, -0.1) is 11.3 Å². The molecule has 0 bridgehead atoms. The van der Waals surface area contributed by atoms with Crippen LogP contribution in [0, 0.1) is 6.92 Å². The van der Waals surface area contributed by atoms with E-state index in [1.165, 1.54) is 6.07 Å². The van der Waals surface area contributed by atoms with E-state index in [2.05, 4.69) is 15.0 Å². The third-order valence-electron chi connectivity index (χ3n) is 3.09. The van der Waals surface area contributed by atoms with Crippen LogP contribution in [0.4, 0.5) is 8.78 Å². The number of thiazole rings is 1. The third-order valence-corrected chi connectivity index (χ3v) is 4.24. The molecular weight excluding hydrogens is 294 g/mol. The first-order valence-corrected chi connectivity index (χ1v) is 7.56. The first-order valence-electron chi connectivity index (χ1n) is 6.68. The first kappa shape index (κ1) is 15.9. The van der Waals surface area contributed by atoms with E-state index >= 15 is 0 Å². The molecule has 1 aromatic carbocycles. The monoisotopic (exact) mass is 312 g/mol. The van der Waals surface area contributed by atoms with Crippen molar-refractivity contribution in [2.45, 2.75) is 39.5 Å². The Balaban J connectivity index is 2.04. The molecular formula is C15H18F2N2OS. The zero-order chi connectivity index (χ0) is 15.4. The largest absolute Gasteiger partial charge is 0.435 e. The molecule has 0 radical (unpaired) electrons. The second-order valence-electron chi connectivity index (χ2n) is 4.89. The molecule has 1 heterocycles. The van der Waals surface area contributed by atoms with Gasteiger partial charge in [0.15, 0.2) is 0 Å². The predicted octanol–water partition coefficient (Wildman–Crippen LogP) is 4.46. The number of benzene rings is 1. The van der Waals surface area contributed by atoms with Crippen LogP contribution in [0.2, 0.25) is 0 Å². The minimum absolute atomic E-state index is 0.00503. The van der Waals surface area contributed by atoms with Crippen molar-refractivity contribution in [2.24, 2.45) is 0 Å². The Hall–Kier alpha value is -1.53. The van der Waals surface area contributed by atoms with E-state index in [-0.39, 0.29) is 17.8 Å². The van der Waals surface area contributed by atoms with Gasteiger partial charge in [0.2, 0.25) is 0 Å². The van der Waals surface area contributed by atoms with Gasteiger partial charge in [-0.1, -0.05) is 12.1 Å². The number of ether oxygens (including phenoxy) is 1. The Bertz CT molecular complexity index is 589. The van der Waals surface area contributed by atoms with E-state index < -0.39 is 6.61 Å². The van der Waals surface area contributed by atoms with E-state index in [0.29, 0.717) is 0 Å². The Morgan fingerprint density at radius 1 is 1.24 bits per heavy atom. The van der Waals surface area contributed by atoms with Gasteiger partial charge in [-0.3, -0.25) is 0 Å². The molecule has 0 amide bonds. The summed E-state index contributed by atoms with van der Waals surface area (Å²) in [5, 5.41) is 6.43. The van der Waals surface area contributed by atoms with Crippen LogP contribution in [-0.4, -0.2) is 11.6 Å². The van der Waals surface area contributed by atoms with Gasteiger partial charge in [-0.2, -0.15) is 8.78 Å². The van der Waals surface area contributed by atoms with Gasteiger partial charge in [0.05, 0.1) is 6.04 Å². The van der Waals surface area contributed by atoms with Crippen LogP contribution in [0.1, 0.15) is 42.2 Å². The second kappa shape index (κ2) is 6.95. The van der Waals surface area contributed by atoms with Gasteiger partial charge in [0.1, 0.15) is 10.8 Å². The van der Waals surface area contributed by atoms with Crippen LogP contribution in [0.25, 0.3) is 0 Å². The summed E-state index contributed by atoms with van der Waals surface area (Å²) in [4.78, 5) is 4.45. The summed E-state index contributed by atoms with van der Waals surface area (Å²) < 4.78 is 28.9. The van der Waals surface area contributed by atoms with Gasteiger partial charge in [0.25, 0.3) is 0 Å². The standard InChI is InChI=1S/C15H18F2N2OS/c1-9-8-21-14(18-9)11(3)19-10(2)12-5-4-6-13(7-12)20-15(16)17/h4-8,10-11,15,19H,1-3H3. The molecule has 0 spiro atoms. The Kier molecular flexibility index (Phi) is 5.25. The fourth-order valence-electron chi connectivity index (χ4n) is 2.07. The average molecular weight is 312 g/mol. The lowest BCUT2D eigenvalue weighted by molar-refractivity contribution is -0.0499. The minimum atomic E-state index is -2.80. The number of hydrogen-bond acceptors (Lipinski definition) is 4. The molecule has 2 unspecified atom stereocenters. The maximum atomic E-state index is 12.2. The van der Waals surface area contributed by atoms with Crippen molar-refractivity contribution in [3.63, 3.8) is 0 Å². The summed E-state index contributed by atoms with van der Waals surface area (Å²) in [6.45, 7) is 3.18. The van der Waals surface area contributed by atoms with Gasteiger partial charge in [-0.05, 0) is 38.5 Å². The normalized spacial score (nSPS) is 14.2. The molecule has 114 valence electrons. The predicted molar refractivity (Wildman–Crippen MR) is 79.9 cm³/mol. The second-order valence-corrected chi connectivity index (χ2v) is 5.78. The maximum absolute atomic E-state index is 12.2. The van der Waals surface area contributed by atoms with E-state index in [9.17, 15) is 8.78 Å². The van der Waals surface area contributed by atoms with Gasteiger partial charge >= 0.3 is 6.61 Å². The van der Waals surface area contributed by atoms with Crippen molar-refractivity contribution in [3.8, 4) is 5.75 Å². The van der Waals surface area contributed by atoms with Crippen molar-refractivity contribution in [1.82, 2.24) is 10.3 Å². The lowest BCUT2D eigenvalue weighted by Gasteiger charge is -2.19. The van der Waals surface area contributed by atoms with Crippen LogP contribution < -0.4 is 10.1 Å². The molecule has 6 heteroatoms. The molecule has 0 saturated heterocycles. The summed E-state index contributed by atoms with van der Waals surface area (Å²) in [6.07, 6.45) is 0. The van der Waals surface area contributed by atoms with Gasteiger partial charge < -0.3 is 10.1 Å². The topological polar surface area (TPSA) is 34.1 Å². The number of rotatable bonds is 6. The Morgan fingerprint density at radius 3 is 2.62 bits per heavy atom. The number of hydrogen-bond donors (Lipinski definition) is 1. The molecule has 0 aliphatic heterocycles. The third kappa shape index (κ3) is 4.47. The smallest absolute Gasteiger partial charge is 0.387 e. The summed E-state index contributed by atoms with van der Waals surface area (Å²) in [5.74, 6) is 0.175. The van der Waals surface area contributed by atoms with Crippen molar-refractivity contribution in [2.75, 3.05) is 0 Å². The highest BCUT2D eigenvalue weighted by Gasteiger charge is 2.14. The number of nitrogens with zero attached hydrogens (tertiary/aromatic N) is 1. The Labute approximate surface area is 127 Å². The molecule has 2 aromatic rings. The Morgan fingerprint density at radius 2 is 2.00 bits per heavy atom. The lowest BCUT2D eigenvalue weighted by Crippen LogP contribution is -2.22. The highest BCUT2D eigenvalue weighted by molar-refractivity contribution is 7.09. The van der Waals surface area contributed by atoms with Crippen LogP contribution in [0.5, 0.6) is 5.75 Å². The summed E-state index contributed by atoms with van der Waals surface area (Å²) >= 11 is 1.61. The SMILES string of the molecule is Cc1csc(C(C)NC(C)c2cccc(OC(F)F)c2)n1. The molecule has 1 N–H and O–H groups in total. The summed E-state index contributed by atoms with van der Waals surface area (Å²) in [6, 6.07) is 6.85. The van der Waals surface area contributed by atoms with Crippen molar-refractivity contribution < 1.29 is 13.5 Å². The number of alkyl halides is 2. The molecule has 0 aliphatic rings. The molecule has 0 fully saturated rings. The number of nitrogens with one attached hydrogen (secondary N) is 1. The van der Waals surface area contributed by atoms with Crippen LogP contribution >= 0.6 is 11.3 Å². The van der Waals surface area contributed by atoms with E-state index in [1.807, 2.05) is 32.2 Å². The highest BCUT2D eigenvalue weighted by Crippen LogP contribution is 2.24. The first-order chi connectivity index (χ1) is 9.95. The van der Waals surface area contributed by atoms with Crippen LogP contribution in [-0.2, 0) is 0 Å². The number of aromatic nitrogens is 1. The van der Waals surface area contributed by atoms with Crippen molar-refractivity contribution in [3.05, 3.63) is 45.9 Å². The number of halogens is 2. The summed E-state index contributed by atoms with van der Waals surface area (Å²) in [5.41, 5.74) is 1.90. The highest BCUT2D eigenvalue weighted by atomic mass is 32.1. The molecule has 2 rings (SSSR count).